The number of nitrogens with one attached hydrogen (secondary N) is 1. The molecule has 1 N–H and O–H groups in total. The molecule has 0 bridgehead atoms. The number of aryl methyl sites for hydroxylation is 1. The summed E-state index contributed by atoms with van der Waals surface area (Å²) < 4.78 is 24.5. The molecule has 0 heterocycles. The fraction of sp³-hybridized carbons (Fsp3) is 0.333. The lowest BCUT2D eigenvalue weighted by Crippen LogP contribution is -2.42. The van der Waals surface area contributed by atoms with Crippen molar-refractivity contribution in [3.63, 3.8) is 0 Å². The number of hydrazine groups is 2. The van der Waals surface area contributed by atoms with E-state index in [4.69, 9.17) is 0 Å². The lowest BCUT2D eigenvalue weighted by atomic mass is 10.2. The van der Waals surface area contributed by atoms with Crippen LogP contribution in [-0.4, -0.2) is 36.9 Å². The Kier molecular flexibility index (Phi) is 4.57. The molecule has 1 rings (SSSR count). The Hall–Kier alpha value is -2.27. The predicted octanol–water partition coefficient (Wildman–Crippen LogP) is 0.284. The molecule has 0 radical (unpaired) electrons. The van der Waals surface area contributed by atoms with E-state index in [0.717, 1.165) is 20.2 Å². The van der Waals surface area contributed by atoms with Crippen LogP contribution in [0.15, 0.2) is 23.1 Å². The fourth-order valence-corrected chi connectivity index (χ4v) is 2.37. The van der Waals surface area contributed by atoms with Crippen molar-refractivity contribution >= 4 is 15.7 Å². The average Bonchev–Trinajstić information content (AvgIpc) is 2.37. The van der Waals surface area contributed by atoms with E-state index in [1.54, 1.807) is 5.59 Å². The smallest absolute Gasteiger partial charge is 0.258 e. The van der Waals surface area contributed by atoms with E-state index in [1.165, 1.54) is 19.1 Å². The number of nitro groups is 1. The Bertz CT molecular complexity index is 644. The molecule has 0 unspecified atom stereocenters. The van der Waals surface area contributed by atoms with Gasteiger partial charge in [0.05, 0.1) is 28.9 Å². The van der Waals surface area contributed by atoms with Crippen molar-refractivity contribution in [3.05, 3.63) is 38.8 Å². The zero-order valence-electron chi connectivity index (χ0n) is 10.9. The van der Waals surface area contributed by atoms with Gasteiger partial charge in [0.1, 0.15) is 0 Å². The molecule has 0 saturated carbocycles. The maximum atomic E-state index is 12.1. The number of benzene rings is 1. The maximum Gasteiger partial charge on any atom is 0.314 e. The first kappa shape index (κ1) is 15.8. The van der Waals surface area contributed by atoms with Gasteiger partial charge in [0.15, 0.2) is 0 Å². The molecule has 0 fully saturated rings. The Balaban J connectivity index is 3.26. The molecule has 0 aromatic heterocycles. The molecule has 0 atom stereocenters. The minimum absolute atomic E-state index is 0.166. The van der Waals surface area contributed by atoms with Crippen molar-refractivity contribution in [2.75, 3.05) is 14.2 Å². The standard InChI is InChI=1S/C9H13N4O6S/c1-7-4-5-8(6-9(7)12(14)15)20(17,18)11(2)13(16)10-19-3/h4-6H,1-3H3,(H,10,16)/q+1. The van der Waals surface area contributed by atoms with Crippen molar-refractivity contribution in [3.8, 4) is 0 Å². The monoisotopic (exact) mass is 305 g/mol. The highest BCUT2D eigenvalue weighted by molar-refractivity contribution is 7.89. The second-order valence-electron chi connectivity index (χ2n) is 3.71. The first-order chi connectivity index (χ1) is 9.21. The number of nitro benzene ring substituents is 1. The number of hydrogen-bond acceptors (Lipinski definition) is 6. The lowest BCUT2D eigenvalue weighted by molar-refractivity contribution is -0.757. The zero-order valence-corrected chi connectivity index (χ0v) is 11.7. The molecule has 0 spiro atoms. The topological polar surface area (TPSA) is 122 Å². The lowest BCUT2D eigenvalue weighted by Gasteiger charge is -2.09. The molecule has 10 nitrogen and oxygen atoms in total. The summed E-state index contributed by atoms with van der Waals surface area (Å²) in [5.74, 6) is 0. The van der Waals surface area contributed by atoms with Gasteiger partial charge in [-0.1, -0.05) is 6.07 Å². The normalized spacial score (nSPS) is 10.9. The summed E-state index contributed by atoms with van der Waals surface area (Å²) in [4.78, 5) is 25.2. The molecule has 1 aromatic rings. The first-order valence-electron chi connectivity index (χ1n) is 5.21. The zero-order chi connectivity index (χ0) is 15.5. The van der Waals surface area contributed by atoms with E-state index in [1.807, 2.05) is 0 Å². The minimum atomic E-state index is -4.23. The van der Waals surface area contributed by atoms with Crippen LogP contribution >= 0.6 is 0 Å². The summed E-state index contributed by atoms with van der Waals surface area (Å²) >= 11 is 0. The number of hydrogen-bond donors (Lipinski definition) is 1. The molecule has 1 aromatic carbocycles. The van der Waals surface area contributed by atoms with Crippen molar-refractivity contribution in [1.29, 1.82) is 0 Å². The summed E-state index contributed by atoms with van der Waals surface area (Å²) in [5, 5.41) is 10.8. The third-order valence-electron chi connectivity index (χ3n) is 2.45. The summed E-state index contributed by atoms with van der Waals surface area (Å²) in [6, 6.07) is 3.36. The Morgan fingerprint density at radius 3 is 2.45 bits per heavy atom. The van der Waals surface area contributed by atoms with Gasteiger partial charge in [-0.25, -0.2) is 4.84 Å². The minimum Gasteiger partial charge on any atom is -0.258 e. The van der Waals surface area contributed by atoms with Gasteiger partial charge in [-0.05, 0) is 13.0 Å². The first-order valence-corrected chi connectivity index (χ1v) is 6.65. The van der Waals surface area contributed by atoms with Crippen LogP contribution in [-0.2, 0) is 14.9 Å². The van der Waals surface area contributed by atoms with E-state index in [0.29, 0.717) is 9.98 Å². The van der Waals surface area contributed by atoms with Crippen molar-refractivity contribution in [2.24, 2.45) is 0 Å². The number of nitrogens with zero attached hydrogens (tertiary/aromatic N) is 3. The van der Waals surface area contributed by atoms with Crippen molar-refractivity contribution in [1.82, 2.24) is 10.0 Å². The van der Waals surface area contributed by atoms with Crippen LogP contribution in [0.5, 0.6) is 0 Å². The maximum absolute atomic E-state index is 12.1. The molecule has 110 valence electrons. The highest BCUT2D eigenvalue weighted by Crippen LogP contribution is 2.23. The van der Waals surface area contributed by atoms with Gasteiger partial charge in [0.2, 0.25) is 0 Å². The quantitative estimate of drug-likeness (QED) is 0.455. The molecule has 0 saturated heterocycles. The third-order valence-corrected chi connectivity index (χ3v) is 4.14. The fourth-order valence-electron chi connectivity index (χ4n) is 1.33. The largest absolute Gasteiger partial charge is 0.314 e. The van der Waals surface area contributed by atoms with Gasteiger partial charge in [0.25, 0.3) is 10.7 Å². The molecule has 0 aliphatic rings. The molecule has 11 heteroatoms. The average molecular weight is 305 g/mol. The SMILES string of the molecule is CON[N+](=O)N(C)S(=O)(=O)c1ccc(C)c([N+](=O)[O-])c1. The molecule has 0 aliphatic carbocycles. The highest BCUT2D eigenvalue weighted by Gasteiger charge is 2.34. The number of sulfonamides is 1. The van der Waals surface area contributed by atoms with Crippen molar-refractivity contribution in [2.45, 2.75) is 11.8 Å². The Morgan fingerprint density at radius 2 is 1.95 bits per heavy atom. The molecular weight excluding hydrogens is 292 g/mol. The summed E-state index contributed by atoms with van der Waals surface area (Å²) in [5.41, 5.74) is 1.72. The van der Waals surface area contributed by atoms with E-state index < -0.39 is 14.9 Å². The van der Waals surface area contributed by atoms with Crippen LogP contribution in [0.25, 0.3) is 0 Å². The van der Waals surface area contributed by atoms with E-state index >= 15 is 0 Å². The Labute approximate surface area is 114 Å². The van der Waals surface area contributed by atoms with Crippen LogP contribution in [0, 0.1) is 21.9 Å². The second kappa shape index (κ2) is 5.79. The molecule has 0 amide bonds. The van der Waals surface area contributed by atoms with Crippen LogP contribution in [0.4, 0.5) is 5.69 Å². The van der Waals surface area contributed by atoms with Crippen LogP contribution in [0.3, 0.4) is 0 Å². The highest BCUT2D eigenvalue weighted by atomic mass is 32.2. The third kappa shape index (κ3) is 3.00. The molecule has 0 aliphatic heterocycles. The molecular formula is C9H13N4O6S+. The van der Waals surface area contributed by atoms with Gasteiger partial charge in [0, 0.05) is 21.6 Å². The van der Waals surface area contributed by atoms with E-state index in [2.05, 4.69) is 4.84 Å². The van der Waals surface area contributed by atoms with Gasteiger partial charge in [-0.15, -0.1) is 0 Å². The second-order valence-corrected chi connectivity index (χ2v) is 5.66. The molecule has 20 heavy (non-hydrogen) atoms. The number of nitroso groups, excluding NO2 is 1. The van der Waals surface area contributed by atoms with Gasteiger partial charge < -0.3 is 0 Å². The van der Waals surface area contributed by atoms with E-state index in [-0.39, 0.29) is 15.6 Å². The summed E-state index contributed by atoms with van der Waals surface area (Å²) in [6.07, 6.45) is 0. The van der Waals surface area contributed by atoms with Crippen LogP contribution in [0.1, 0.15) is 5.56 Å². The Morgan fingerprint density at radius 1 is 1.35 bits per heavy atom. The predicted molar refractivity (Wildman–Crippen MR) is 66.6 cm³/mol. The number of rotatable bonds is 6. The van der Waals surface area contributed by atoms with Crippen LogP contribution in [0.2, 0.25) is 0 Å². The van der Waals surface area contributed by atoms with Gasteiger partial charge >= 0.3 is 10.0 Å². The van der Waals surface area contributed by atoms with Gasteiger partial charge in [-0.2, -0.15) is 8.42 Å². The summed E-state index contributed by atoms with van der Waals surface area (Å²) in [6.45, 7) is 1.48. The van der Waals surface area contributed by atoms with Crippen molar-refractivity contribution < 1.29 is 23.2 Å². The van der Waals surface area contributed by atoms with Crippen LogP contribution < -0.4 is 5.59 Å². The summed E-state index contributed by atoms with van der Waals surface area (Å²) in [7, 11) is -2.13. The van der Waals surface area contributed by atoms with E-state index in [9.17, 15) is 23.4 Å². The van der Waals surface area contributed by atoms with Gasteiger partial charge in [-0.3, -0.25) is 10.1 Å².